The topological polar surface area (TPSA) is 57.2 Å². The molecule has 0 radical (unpaired) electrons. The van der Waals surface area contributed by atoms with Crippen molar-refractivity contribution in [3.63, 3.8) is 0 Å². The molecule has 0 saturated heterocycles. The number of halogens is 1. The lowest BCUT2D eigenvalue weighted by Crippen LogP contribution is -2.31. The van der Waals surface area contributed by atoms with Crippen molar-refractivity contribution in [1.82, 2.24) is 4.90 Å². The first-order valence-corrected chi connectivity index (χ1v) is 7.80. The van der Waals surface area contributed by atoms with Crippen LogP contribution in [0.15, 0.2) is 30.3 Å². The lowest BCUT2D eigenvalue weighted by molar-refractivity contribution is -0.142. The third-order valence-corrected chi connectivity index (χ3v) is 4.17. The van der Waals surface area contributed by atoms with Crippen LogP contribution in [-0.4, -0.2) is 31.3 Å². The molecule has 0 amide bonds. The lowest BCUT2D eigenvalue weighted by Gasteiger charge is -2.27. The van der Waals surface area contributed by atoms with Crippen molar-refractivity contribution in [3.05, 3.63) is 47.3 Å². The van der Waals surface area contributed by atoms with Gasteiger partial charge in [-0.2, -0.15) is 0 Å². The fourth-order valence-corrected chi connectivity index (χ4v) is 2.95. The Labute approximate surface area is 143 Å². The summed E-state index contributed by atoms with van der Waals surface area (Å²) >= 11 is 0. The smallest absolute Gasteiger partial charge is 0.319 e. The molecule has 0 spiro atoms. The van der Waals surface area contributed by atoms with Crippen LogP contribution >= 0.6 is 0 Å². The van der Waals surface area contributed by atoms with Gasteiger partial charge in [0, 0.05) is 36.3 Å². The van der Waals surface area contributed by atoms with Crippen molar-refractivity contribution in [2.75, 3.05) is 20.4 Å². The van der Waals surface area contributed by atoms with Gasteiger partial charge in [-0.15, -0.1) is 0 Å². The van der Waals surface area contributed by atoms with Gasteiger partial charge in [0.25, 0.3) is 0 Å². The van der Waals surface area contributed by atoms with Gasteiger partial charge < -0.3 is 18.9 Å². The van der Waals surface area contributed by atoms with E-state index in [1.165, 1.54) is 19.2 Å². The number of rotatable bonds is 2. The van der Waals surface area contributed by atoms with Gasteiger partial charge in [0.05, 0.1) is 13.7 Å². The van der Waals surface area contributed by atoms with E-state index in [1.807, 2.05) is 11.0 Å². The molecule has 0 fully saturated rings. The van der Waals surface area contributed by atoms with Crippen LogP contribution < -0.4 is 14.2 Å². The average Bonchev–Trinajstić information content (AvgIpc) is 3.03. The van der Waals surface area contributed by atoms with Crippen LogP contribution in [0.25, 0.3) is 0 Å². The van der Waals surface area contributed by atoms with Gasteiger partial charge in [0.2, 0.25) is 6.79 Å². The molecule has 4 rings (SSSR count). The quantitative estimate of drug-likeness (QED) is 0.780. The Kier molecular flexibility index (Phi) is 3.93. The highest BCUT2D eigenvalue weighted by molar-refractivity contribution is 5.71. The standard InChI is InChI=1S/C18H16FNO5/c1-22-18(21)9-20-7-11-2-3-13(19)5-14(11)25-15-6-17-16(23-10-24-17)4-12(15)8-20/h2-6H,7-10H2,1H3. The number of carbonyl (C=O) groups excluding carboxylic acids is 1. The summed E-state index contributed by atoms with van der Waals surface area (Å²) in [5.41, 5.74) is 1.61. The first-order valence-electron chi connectivity index (χ1n) is 7.80. The van der Waals surface area contributed by atoms with Gasteiger partial charge in [-0.25, -0.2) is 4.39 Å². The van der Waals surface area contributed by atoms with Crippen molar-refractivity contribution in [1.29, 1.82) is 0 Å². The minimum Gasteiger partial charge on any atom is -0.468 e. The van der Waals surface area contributed by atoms with Gasteiger partial charge >= 0.3 is 5.97 Å². The Balaban J connectivity index is 1.77. The molecule has 0 atom stereocenters. The number of fused-ring (bicyclic) bond motifs is 3. The zero-order chi connectivity index (χ0) is 17.4. The van der Waals surface area contributed by atoms with Crippen molar-refractivity contribution in [2.45, 2.75) is 13.1 Å². The predicted octanol–water partition coefficient (Wildman–Crippen LogP) is 2.84. The first kappa shape index (κ1) is 15.7. The second kappa shape index (κ2) is 6.25. The number of nitrogens with zero attached hydrogens (tertiary/aromatic N) is 1. The number of esters is 1. The SMILES string of the molecule is COC(=O)CN1Cc2ccc(F)cc2Oc2cc3c(cc2C1)OCO3. The lowest BCUT2D eigenvalue weighted by atomic mass is 10.1. The highest BCUT2D eigenvalue weighted by Crippen LogP contribution is 2.42. The van der Waals surface area contributed by atoms with E-state index in [-0.39, 0.29) is 25.1 Å². The zero-order valence-electron chi connectivity index (χ0n) is 13.6. The average molecular weight is 345 g/mol. The molecule has 0 unspecified atom stereocenters. The molecule has 130 valence electrons. The monoisotopic (exact) mass is 345 g/mol. The van der Waals surface area contributed by atoms with Crippen molar-refractivity contribution in [2.24, 2.45) is 0 Å². The highest BCUT2D eigenvalue weighted by atomic mass is 19.1. The third kappa shape index (κ3) is 3.10. The molecule has 2 aliphatic rings. The molecule has 2 aromatic rings. The van der Waals surface area contributed by atoms with Crippen LogP contribution in [0.1, 0.15) is 11.1 Å². The van der Waals surface area contributed by atoms with Gasteiger partial charge in [-0.05, 0) is 12.1 Å². The van der Waals surface area contributed by atoms with E-state index >= 15 is 0 Å². The largest absolute Gasteiger partial charge is 0.468 e. The normalized spacial score (nSPS) is 15.4. The molecule has 0 aromatic heterocycles. The molecule has 0 saturated carbocycles. The molecule has 6 nitrogen and oxygen atoms in total. The van der Waals surface area contributed by atoms with Gasteiger partial charge in [-0.1, -0.05) is 6.07 Å². The molecule has 2 aliphatic heterocycles. The fraction of sp³-hybridized carbons (Fsp3) is 0.278. The third-order valence-electron chi connectivity index (χ3n) is 4.17. The molecular formula is C18H16FNO5. The highest BCUT2D eigenvalue weighted by Gasteiger charge is 2.24. The van der Waals surface area contributed by atoms with E-state index in [2.05, 4.69) is 0 Å². The maximum Gasteiger partial charge on any atom is 0.319 e. The molecule has 0 N–H and O–H groups in total. The maximum atomic E-state index is 13.7. The summed E-state index contributed by atoms with van der Waals surface area (Å²) < 4.78 is 35.2. The zero-order valence-corrected chi connectivity index (χ0v) is 13.6. The maximum absolute atomic E-state index is 13.7. The van der Waals surface area contributed by atoms with Crippen LogP contribution in [0.2, 0.25) is 0 Å². The van der Waals surface area contributed by atoms with Crippen LogP contribution in [0.5, 0.6) is 23.0 Å². The van der Waals surface area contributed by atoms with Gasteiger partial charge in [-0.3, -0.25) is 9.69 Å². The Bertz CT molecular complexity index is 838. The minimum atomic E-state index is -0.388. The molecule has 25 heavy (non-hydrogen) atoms. The Morgan fingerprint density at radius 1 is 1.08 bits per heavy atom. The summed E-state index contributed by atoms with van der Waals surface area (Å²) in [4.78, 5) is 13.7. The number of carbonyl (C=O) groups is 1. The second-order valence-corrected chi connectivity index (χ2v) is 5.89. The molecular weight excluding hydrogens is 329 g/mol. The summed E-state index contributed by atoms with van der Waals surface area (Å²) in [6.07, 6.45) is 0. The van der Waals surface area contributed by atoms with E-state index in [4.69, 9.17) is 18.9 Å². The van der Waals surface area contributed by atoms with Crippen LogP contribution in [0.3, 0.4) is 0 Å². The van der Waals surface area contributed by atoms with Gasteiger partial charge in [0.1, 0.15) is 17.3 Å². The van der Waals surface area contributed by atoms with E-state index in [1.54, 1.807) is 12.1 Å². The predicted molar refractivity (Wildman–Crippen MR) is 85.2 cm³/mol. The molecule has 2 aromatic carbocycles. The number of methoxy groups -OCH3 is 1. The number of hydrogen-bond donors (Lipinski definition) is 0. The molecule has 0 aliphatic carbocycles. The fourth-order valence-electron chi connectivity index (χ4n) is 2.95. The van der Waals surface area contributed by atoms with Crippen LogP contribution in [0.4, 0.5) is 4.39 Å². The summed E-state index contributed by atoms with van der Waals surface area (Å²) in [6.45, 7) is 1.15. The van der Waals surface area contributed by atoms with Crippen molar-refractivity contribution < 1.29 is 28.1 Å². The Morgan fingerprint density at radius 2 is 1.80 bits per heavy atom. The molecule has 0 bridgehead atoms. The molecule has 2 heterocycles. The minimum absolute atomic E-state index is 0.112. The summed E-state index contributed by atoms with van der Waals surface area (Å²) in [5.74, 6) is 1.44. The summed E-state index contributed by atoms with van der Waals surface area (Å²) in [6, 6.07) is 7.93. The van der Waals surface area contributed by atoms with E-state index in [0.29, 0.717) is 36.1 Å². The Morgan fingerprint density at radius 3 is 2.60 bits per heavy atom. The first-order chi connectivity index (χ1) is 12.1. The van der Waals surface area contributed by atoms with Crippen molar-refractivity contribution >= 4 is 5.97 Å². The van der Waals surface area contributed by atoms with E-state index in [9.17, 15) is 9.18 Å². The number of ether oxygens (including phenoxy) is 4. The Hall–Kier alpha value is -2.80. The summed E-state index contributed by atoms with van der Waals surface area (Å²) in [5, 5.41) is 0. The number of benzene rings is 2. The number of hydrogen-bond acceptors (Lipinski definition) is 6. The molecule has 7 heteroatoms. The van der Waals surface area contributed by atoms with Crippen molar-refractivity contribution in [3.8, 4) is 23.0 Å². The van der Waals surface area contributed by atoms with Crippen LogP contribution in [-0.2, 0) is 22.6 Å². The summed E-state index contributed by atoms with van der Waals surface area (Å²) in [7, 11) is 1.35. The van der Waals surface area contributed by atoms with Crippen LogP contribution in [0, 0.1) is 5.82 Å². The van der Waals surface area contributed by atoms with Gasteiger partial charge in [0.15, 0.2) is 11.5 Å². The van der Waals surface area contributed by atoms with E-state index in [0.717, 1.165) is 11.1 Å². The second-order valence-electron chi connectivity index (χ2n) is 5.89. The van der Waals surface area contributed by atoms with E-state index < -0.39 is 0 Å².